The fraction of sp³-hybridized carbons (Fsp3) is 0.300. The van der Waals surface area contributed by atoms with E-state index in [1.807, 2.05) is 17.9 Å². The van der Waals surface area contributed by atoms with Crippen molar-refractivity contribution in [3.63, 3.8) is 0 Å². The van der Waals surface area contributed by atoms with Crippen molar-refractivity contribution in [1.82, 2.24) is 9.78 Å². The highest BCUT2D eigenvalue weighted by Crippen LogP contribution is 2.17. The Balaban J connectivity index is 2.49. The minimum absolute atomic E-state index is 0.518. The van der Waals surface area contributed by atoms with Gasteiger partial charge in [-0.15, -0.1) is 0 Å². The van der Waals surface area contributed by atoms with Gasteiger partial charge in [-0.2, -0.15) is 5.10 Å². The number of fused-ring (bicyclic) bond motifs is 1. The second-order valence-electron chi connectivity index (χ2n) is 3.22. The molecule has 1 aromatic rings. The molecule has 0 aromatic carbocycles. The molecule has 1 aliphatic carbocycles. The number of aryl methyl sites for hydroxylation is 1. The van der Waals surface area contributed by atoms with Gasteiger partial charge in [0.15, 0.2) is 0 Å². The Morgan fingerprint density at radius 3 is 2.92 bits per heavy atom. The summed E-state index contributed by atoms with van der Waals surface area (Å²) in [5.74, 6) is 0.518. The van der Waals surface area contributed by atoms with E-state index in [9.17, 15) is 0 Å². The molecule has 12 heavy (non-hydrogen) atoms. The monoisotopic (exact) mass is 160 g/mol. The number of aromatic nitrogens is 2. The molecule has 1 atom stereocenters. The Labute approximate surface area is 72.2 Å². The van der Waals surface area contributed by atoms with Gasteiger partial charge in [-0.3, -0.25) is 4.68 Å². The molecule has 0 N–H and O–H groups in total. The average molecular weight is 160 g/mol. The zero-order chi connectivity index (χ0) is 8.55. The summed E-state index contributed by atoms with van der Waals surface area (Å²) in [5.41, 5.74) is 2.27. The van der Waals surface area contributed by atoms with Gasteiger partial charge in [0.2, 0.25) is 0 Å². The Hall–Kier alpha value is -1.31. The standard InChI is InChI=1S/C10H12N2/c1-8-3-5-9-7-12(2)11-10(9)6-4-8/h3-8H,1-2H3. The van der Waals surface area contributed by atoms with Crippen molar-refractivity contribution < 1.29 is 0 Å². The maximum atomic E-state index is 4.32. The van der Waals surface area contributed by atoms with Crippen LogP contribution in [-0.4, -0.2) is 9.78 Å². The average Bonchev–Trinajstić information content (AvgIpc) is 2.31. The van der Waals surface area contributed by atoms with Crippen molar-refractivity contribution in [2.24, 2.45) is 13.0 Å². The van der Waals surface area contributed by atoms with Gasteiger partial charge in [-0.25, -0.2) is 0 Å². The summed E-state index contributed by atoms with van der Waals surface area (Å²) in [6.07, 6.45) is 10.6. The number of nitrogens with zero attached hydrogens (tertiary/aromatic N) is 2. The molecule has 0 saturated carbocycles. The molecule has 1 aliphatic rings. The molecule has 1 unspecified atom stereocenters. The molecule has 2 rings (SSSR count). The fourth-order valence-corrected chi connectivity index (χ4v) is 1.34. The van der Waals surface area contributed by atoms with Crippen LogP contribution in [0, 0.1) is 5.92 Å². The van der Waals surface area contributed by atoms with Crippen LogP contribution < -0.4 is 0 Å². The maximum Gasteiger partial charge on any atom is 0.0920 e. The number of rotatable bonds is 0. The first-order chi connectivity index (χ1) is 5.75. The lowest BCUT2D eigenvalue weighted by molar-refractivity contribution is 0.764. The highest BCUT2D eigenvalue weighted by atomic mass is 15.2. The van der Waals surface area contributed by atoms with Gasteiger partial charge in [0.25, 0.3) is 0 Å². The number of allylic oxidation sites excluding steroid dienone is 2. The van der Waals surface area contributed by atoms with Crippen LogP contribution in [0.2, 0.25) is 0 Å². The van der Waals surface area contributed by atoms with E-state index in [4.69, 9.17) is 0 Å². The van der Waals surface area contributed by atoms with Crippen molar-refractivity contribution in [2.45, 2.75) is 6.92 Å². The molecule has 0 fully saturated rings. The number of hydrogen-bond acceptors (Lipinski definition) is 1. The van der Waals surface area contributed by atoms with Gasteiger partial charge in [0.05, 0.1) is 5.69 Å². The van der Waals surface area contributed by atoms with Gasteiger partial charge >= 0.3 is 0 Å². The second-order valence-corrected chi connectivity index (χ2v) is 3.22. The van der Waals surface area contributed by atoms with Crippen molar-refractivity contribution in [3.8, 4) is 0 Å². The molecule has 0 amide bonds. The predicted octanol–water partition coefficient (Wildman–Crippen LogP) is 2.10. The van der Waals surface area contributed by atoms with Crippen LogP contribution in [0.15, 0.2) is 18.3 Å². The van der Waals surface area contributed by atoms with Crippen LogP contribution in [0.3, 0.4) is 0 Å². The van der Waals surface area contributed by atoms with E-state index in [-0.39, 0.29) is 0 Å². The highest BCUT2D eigenvalue weighted by molar-refractivity contribution is 5.64. The third kappa shape index (κ3) is 1.20. The van der Waals surface area contributed by atoms with E-state index in [1.165, 1.54) is 5.56 Å². The van der Waals surface area contributed by atoms with Gasteiger partial charge < -0.3 is 0 Å². The van der Waals surface area contributed by atoms with Crippen LogP contribution >= 0.6 is 0 Å². The first-order valence-electron chi connectivity index (χ1n) is 4.16. The largest absolute Gasteiger partial charge is 0.275 e. The van der Waals surface area contributed by atoms with Gasteiger partial charge in [0, 0.05) is 18.8 Å². The van der Waals surface area contributed by atoms with E-state index in [0.29, 0.717) is 5.92 Å². The van der Waals surface area contributed by atoms with E-state index in [0.717, 1.165) is 5.69 Å². The van der Waals surface area contributed by atoms with Crippen molar-refractivity contribution in [1.29, 1.82) is 0 Å². The smallest absolute Gasteiger partial charge is 0.0920 e. The summed E-state index contributed by atoms with van der Waals surface area (Å²) in [6, 6.07) is 0. The van der Waals surface area contributed by atoms with Crippen LogP contribution in [0.25, 0.3) is 12.2 Å². The van der Waals surface area contributed by atoms with E-state index < -0.39 is 0 Å². The van der Waals surface area contributed by atoms with Crippen LogP contribution in [0.4, 0.5) is 0 Å². The van der Waals surface area contributed by atoms with Crippen LogP contribution in [0.1, 0.15) is 18.2 Å². The van der Waals surface area contributed by atoms with E-state index in [1.54, 1.807) is 0 Å². The lowest BCUT2D eigenvalue weighted by atomic mass is 10.2. The molecule has 2 heteroatoms. The lowest BCUT2D eigenvalue weighted by Gasteiger charge is -1.92. The molecule has 1 aromatic heterocycles. The molecular weight excluding hydrogens is 148 g/mol. The summed E-state index contributed by atoms with van der Waals surface area (Å²) in [7, 11) is 1.94. The normalized spacial score (nSPS) is 20.7. The van der Waals surface area contributed by atoms with E-state index >= 15 is 0 Å². The van der Waals surface area contributed by atoms with Crippen LogP contribution in [0.5, 0.6) is 0 Å². The SMILES string of the molecule is CC1C=Cc2cn(C)nc2C=C1. The predicted molar refractivity (Wildman–Crippen MR) is 50.4 cm³/mol. The molecule has 0 bridgehead atoms. The molecular formula is C10H12N2. The highest BCUT2D eigenvalue weighted by Gasteiger charge is 2.04. The summed E-state index contributed by atoms with van der Waals surface area (Å²) < 4.78 is 1.84. The fourth-order valence-electron chi connectivity index (χ4n) is 1.34. The van der Waals surface area contributed by atoms with Crippen molar-refractivity contribution in [3.05, 3.63) is 29.6 Å². The zero-order valence-electron chi connectivity index (χ0n) is 7.36. The second kappa shape index (κ2) is 2.63. The maximum absolute atomic E-state index is 4.32. The Morgan fingerprint density at radius 2 is 2.08 bits per heavy atom. The Kier molecular flexibility index (Phi) is 1.61. The summed E-state index contributed by atoms with van der Waals surface area (Å²) in [5, 5.41) is 4.32. The summed E-state index contributed by atoms with van der Waals surface area (Å²) in [6.45, 7) is 2.17. The molecule has 1 heterocycles. The van der Waals surface area contributed by atoms with E-state index in [2.05, 4.69) is 36.3 Å². The third-order valence-electron chi connectivity index (χ3n) is 2.02. The zero-order valence-corrected chi connectivity index (χ0v) is 7.36. The Morgan fingerprint density at radius 1 is 1.33 bits per heavy atom. The van der Waals surface area contributed by atoms with Gasteiger partial charge in [-0.1, -0.05) is 25.2 Å². The number of hydrogen-bond donors (Lipinski definition) is 0. The lowest BCUT2D eigenvalue weighted by Crippen LogP contribution is -1.87. The summed E-state index contributed by atoms with van der Waals surface area (Å²) >= 11 is 0. The topological polar surface area (TPSA) is 17.8 Å². The molecule has 0 aliphatic heterocycles. The van der Waals surface area contributed by atoms with Crippen molar-refractivity contribution in [2.75, 3.05) is 0 Å². The minimum atomic E-state index is 0.518. The van der Waals surface area contributed by atoms with Gasteiger partial charge in [-0.05, 0) is 12.0 Å². The molecule has 0 radical (unpaired) electrons. The van der Waals surface area contributed by atoms with Crippen LogP contribution in [-0.2, 0) is 7.05 Å². The Bertz CT molecular complexity index is 313. The van der Waals surface area contributed by atoms with Crippen molar-refractivity contribution >= 4 is 12.2 Å². The minimum Gasteiger partial charge on any atom is -0.275 e. The third-order valence-corrected chi connectivity index (χ3v) is 2.02. The first-order valence-corrected chi connectivity index (χ1v) is 4.16. The molecule has 0 saturated heterocycles. The summed E-state index contributed by atoms with van der Waals surface area (Å²) in [4.78, 5) is 0. The first kappa shape index (κ1) is 7.35. The molecule has 62 valence electrons. The molecule has 0 spiro atoms. The van der Waals surface area contributed by atoms with Gasteiger partial charge in [0.1, 0.15) is 0 Å². The quantitative estimate of drug-likeness (QED) is 0.568. The molecule has 2 nitrogen and oxygen atoms in total.